The zero-order valence-electron chi connectivity index (χ0n) is 10.7. The maximum Gasteiger partial charge on any atom is 0.416 e. The second-order valence-corrected chi connectivity index (χ2v) is 6.30. The summed E-state index contributed by atoms with van der Waals surface area (Å²) in [7, 11) is 0. The Balaban J connectivity index is 2.19. The van der Waals surface area contributed by atoms with E-state index in [1.165, 1.54) is 6.07 Å². The van der Waals surface area contributed by atoms with Gasteiger partial charge in [-0.25, -0.2) is 0 Å². The smallest absolute Gasteiger partial charge is 0.388 e. The van der Waals surface area contributed by atoms with Gasteiger partial charge in [0.25, 0.3) is 0 Å². The van der Waals surface area contributed by atoms with Crippen molar-refractivity contribution in [1.29, 1.82) is 0 Å². The molecule has 6 heteroatoms. The number of aliphatic hydroxyl groups excluding tert-OH is 1. The summed E-state index contributed by atoms with van der Waals surface area (Å²) in [6.45, 7) is 0. The fourth-order valence-corrected chi connectivity index (χ4v) is 2.58. The van der Waals surface area contributed by atoms with Gasteiger partial charge in [-0.2, -0.15) is 13.2 Å². The van der Waals surface area contributed by atoms with E-state index < -0.39 is 17.8 Å². The molecule has 2 aromatic carbocycles. The average molecular weight is 424 g/mol. The van der Waals surface area contributed by atoms with Gasteiger partial charge in [0.15, 0.2) is 0 Å². The van der Waals surface area contributed by atoms with Crippen LogP contribution in [0.25, 0.3) is 0 Å². The van der Waals surface area contributed by atoms with Crippen LogP contribution in [0.3, 0.4) is 0 Å². The molecule has 0 amide bonds. The van der Waals surface area contributed by atoms with Crippen molar-refractivity contribution >= 4 is 31.9 Å². The van der Waals surface area contributed by atoms with E-state index in [0.29, 0.717) is 11.1 Å². The Morgan fingerprint density at radius 3 is 2.33 bits per heavy atom. The molecular formula is C15H11Br2F3O. The second-order valence-electron chi connectivity index (χ2n) is 4.59. The number of hydrogen-bond donors (Lipinski definition) is 1. The van der Waals surface area contributed by atoms with Gasteiger partial charge in [-0.3, -0.25) is 0 Å². The third-order valence-electron chi connectivity index (χ3n) is 3.01. The van der Waals surface area contributed by atoms with Crippen LogP contribution >= 0.6 is 31.9 Å². The predicted octanol–water partition coefficient (Wildman–Crippen LogP) is 5.51. The number of aliphatic hydroxyl groups is 1. The van der Waals surface area contributed by atoms with Crippen molar-refractivity contribution in [3.63, 3.8) is 0 Å². The molecule has 0 aromatic heterocycles. The highest BCUT2D eigenvalue weighted by Gasteiger charge is 2.30. The Bertz CT molecular complexity index is 641. The van der Waals surface area contributed by atoms with E-state index in [4.69, 9.17) is 0 Å². The minimum Gasteiger partial charge on any atom is -0.388 e. The summed E-state index contributed by atoms with van der Waals surface area (Å²) in [5, 5.41) is 10.2. The molecule has 21 heavy (non-hydrogen) atoms. The molecule has 1 unspecified atom stereocenters. The van der Waals surface area contributed by atoms with Crippen molar-refractivity contribution in [2.75, 3.05) is 0 Å². The second kappa shape index (κ2) is 6.50. The predicted molar refractivity (Wildman–Crippen MR) is 81.9 cm³/mol. The Hall–Kier alpha value is -0.850. The molecule has 2 rings (SSSR count). The molecule has 0 radical (unpaired) electrons. The van der Waals surface area contributed by atoms with Crippen molar-refractivity contribution in [2.24, 2.45) is 0 Å². The molecular weight excluding hydrogens is 413 g/mol. The molecule has 0 aliphatic heterocycles. The molecule has 0 fully saturated rings. The van der Waals surface area contributed by atoms with E-state index in [0.717, 1.165) is 21.1 Å². The van der Waals surface area contributed by atoms with Crippen LogP contribution in [-0.2, 0) is 12.6 Å². The highest BCUT2D eigenvalue weighted by atomic mass is 79.9. The number of alkyl halides is 3. The van der Waals surface area contributed by atoms with Gasteiger partial charge in [-0.1, -0.05) is 24.3 Å². The van der Waals surface area contributed by atoms with Gasteiger partial charge in [0.2, 0.25) is 0 Å². The first-order valence-corrected chi connectivity index (χ1v) is 7.65. The first-order valence-electron chi connectivity index (χ1n) is 6.06. The van der Waals surface area contributed by atoms with Crippen LogP contribution < -0.4 is 0 Å². The summed E-state index contributed by atoms with van der Waals surface area (Å²) in [4.78, 5) is 0. The summed E-state index contributed by atoms with van der Waals surface area (Å²) in [5.41, 5.74) is 0.378. The zero-order valence-corrected chi connectivity index (χ0v) is 13.8. The van der Waals surface area contributed by atoms with Crippen LogP contribution in [0.5, 0.6) is 0 Å². The van der Waals surface area contributed by atoms with E-state index >= 15 is 0 Å². The van der Waals surface area contributed by atoms with E-state index in [-0.39, 0.29) is 6.42 Å². The summed E-state index contributed by atoms with van der Waals surface area (Å²) < 4.78 is 39.6. The molecule has 2 aromatic rings. The van der Waals surface area contributed by atoms with Crippen molar-refractivity contribution in [1.82, 2.24) is 0 Å². The maximum absolute atomic E-state index is 12.7. The molecule has 1 N–H and O–H groups in total. The Morgan fingerprint density at radius 2 is 1.71 bits per heavy atom. The zero-order chi connectivity index (χ0) is 15.6. The fraction of sp³-hybridized carbons (Fsp3) is 0.200. The first kappa shape index (κ1) is 16.5. The number of hydrogen-bond acceptors (Lipinski definition) is 1. The molecule has 0 saturated carbocycles. The molecule has 0 spiro atoms. The minimum absolute atomic E-state index is 0.123. The molecule has 112 valence electrons. The normalized spacial score (nSPS) is 13.2. The SMILES string of the molecule is OC(Cc1cccc(C(F)(F)F)c1)c1ccc(Br)c(Br)c1. The third kappa shape index (κ3) is 4.31. The molecule has 1 nitrogen and oxygen atoms in total. The van der Waals surface area contributed by atoms with Gasteiger partial charge in [-0.05, 0) is 61.2 Å². The molecule has 0 bridgehead atoms. The lowest BCUT2D eigenvalue weighted by atomic mass is 10.00. The van der Waals surface area contributed by atoms with E-state index in [1.807, 2.05) is 0 Å². The average Bonchev–Trinajstić information content (AvgIpc) is 2.41. The summed E-state index contributed by atoms with van der Waals surface area (Å²) >= 11 is 6.65. The van der Waals surface area contributed by atoms with E-state index in [1.54, 1.807) is 24.3 Å². The summed E-state index contributed by atoms with van der Waals surface area (Å²) in [5.74, 6) is 0. The van der Waals surface area contributed by atoms with Crippen LogP contribution in [0.2, 0.25) is 0 Å². The quantitative estimate of drug-likeness (QED) is 0.690. The maximum atomic E-state index is 12.7. The fourth-order valence-electron chi connectivity index (χ4n) is 1.94. The van der Waals surface area contributed by atoms with Crippen LogP contribution in [-0.4, -0.2) is 5.11 Å². The molecule has 0 aliphatic rings. The molecule has 0 heterocycles. The molecule has 1 atom stereocenters. The number of halogens is 5. The topological polar surface area (TPSA) is 20.2 Å². The minimum atomic E-state index is -4.37. The van der Waals surface area contributed by atoms with Crippen LogP contribution in [0.15, 0.2) is 51.4 Å². The number of benzene rings is 2. The lowest BCUT2D eigenvalue weighted by molar-refractivity contribution is -0.137. The van der Waals surface area contributed by atoms with Crippen LogP contribution in [0.4, 0.5) is 13.2 Å². The summed E-state index contributed by atoms with van der Waals surface area (Å²) in [6.07, 6.45) is -5.11. The lowest BCUT2D eigenvalue weighted by Gasteiger charge is -2.14. The van der Waals surface area contributed by atoms with Gasteiger partial charge in [0.05, 0.1) is 11.7 Å². The highest BCUT2D eigenvalue weighted by molar-refractivity contribution is 9.13. The largest absolute Gasteiger partial charge is 0.416 e. The van der Waals surface area contributed by atoms with Gasteiger partial charge in [0.1, 0.15) is 0 Å². The summed E-state index contributed by atoms with van der Waals surface area (Å²) in [6, 6.07) is 10.3. The molecule has 0 saturated heterocycles. The van der Waals surface area contributed by atoms with Gasteiger partial charge in [-0.15, -0.1) is 0 Å². The van der Waals surface area contributed by atoms with Crippen LogP contribution in [0, 0.1) is 0 Å². The van der Waals surface area contributed by atoms with Crippen molar-refractivity contribution in [3.05, 3.63) is 68.1 Å². The Kier molecular flexibility index (Phi) is 5.11. The molecule has 0 aliphatic carbocycles. The van der Waals surface area contributed by atoms with Gasteiger partial charge >= 0.3 is 6.18 Å². The monoisotopic (exact) mass is 422 g/mol. The van der Waals surface area contributed by atoms with Gasteiger partial charge < -0.3 is 5.11 Å². The lowest BCUT2D eigenvalue weighted by Crippen LogP contribution is -2.07. The van der Waals surface area contributed by atoms with Crippen molar-refractivity contribution in [2.45, 2.75) is 18.7 Å². The van der Waals surface area contributed by atoms with Crippen LogP contribution in [0.1, 0.15) is 22.8 Å². The third-order valence-corrected chi connectivity index (χ3v) is 4.89. The van der Waals surface area contributed by atoms with Gasteiger partial charge in [0, 0.05) is 15.4 Å². The number of rotatable bonds is 3. The van der Waals surface area contributed by atoms with Crippen molar-refractivity contribution < 1.29 is 18.3 Å². The standard InChI is InChI=1S/C15H11Br2F3O/c16-12-5-4-10(8-13(12)17)14(21)7-9-2-1-3-11(6-9)15(18,19)20/h1-6,8,14,21H,7H2. The Morgan fingerprint density at radius 1 is 1.00 bits per heavy atom. The highest BCUT2D eigenvalue weighted by Crippen LogP contribution is 2.31. The van der Waals surface area contributed by atoms with E-state index in [9.17, 15) is 18.3 Å². The van der Waals surface area contributed by atoms with Crippen molar-refractivity contribution in [3.8, 4) is 0 Å². The first-order chi connectivity index (χ1) is 9.77. The Labute approximate surface area is 137 Å². The van der Waals surface area contributed by atoms with E-state index in [2.05, 4.69) is 31.9 Å².